The summed E-state index contributed by atoms with van der Waals surface area (Å²) in [6.45, 7) is 5.19. The molecule has 10 nitrogen and oxygen atoms in total. The Labute approximate surface area is 256 Å². The number of hydrogen-bond acceptors (Lipinski definition) is 9. The van der Waals surface area contributed by atoms with E-state index < -0.39 is 46.9 Å². The van der Waals surface area contributed by atoms with Crippen molar-refractivity contribution in [3.63, 3.8) is 0 Å². The van der Waals surface area contributed by atoms with Crippen molar-refractivity contribution in [1.29, 1.82) is 0 Å². The maximum atomic E-state index is 13.8. The zero-order valence-electron chi connectivity index (χ0n) is 25.5. The van der Waals surface area contributed by atoms with E-state index in [1.165, 1.54) is 0 Å². The van der Waals surface area contributed by atoms with Crippen molar-refractivity contribution in [1.82, 2.24) is 5.32 Å². The minimum atomic E-state index is -1.36. The molecule has 1 aliphatic heterocycles. The van der Waals surface area contributed by atoms with E-state index in [2.05, 4.69) is 11.4 Å². The third kappa shape index (κ3) is 4.99. The molecule has 2 aromatic rings. The summed E-state index contributed by atoms with van der Waals surface area (Å²) in [6.07, 6.45) is 2.35. The molecule has 234 valence electrons. The molecular weight excluding hydrogens is 566 g/mol. The van der Waals surface area contributed by atoms with Crippen molar-refractivity contribution in [3.8, 4) is 11.5 Å². The largest absolute Gasteiger partial charge is 0.493 e. The van der Waals surface area contributed by atoms with Gasteiger partial charge in [-0.1, -0.05) is 42.8 Å². The lowest BCUT2D eigenvalue weighted by Gasteiger charge is -2.59. The molecule has 1 heterocycles. The molecule has 44 heavy (non-hydrogen) atoms. The van der Waals surface area contributed by atoms with Crippen LogP contribution in [0.4, 0.5) is 4.79 Å². The molecule has 10 heteroatoms. The molecule has 0 saturated heterocycles. The number of benzene rings is 2. The van der Waals surface area contributed by atoms with Gasteiger partial charge in [-0.3, -0.25) is 4.79 Å². The minimum absolute atomic E-state index is 0.0317. The van der Waals surface area contributed by atoms with Crippen LogP contribution in [0.2, 0.25) is 0 Å². The van der Waals surface area contributed by atoms with Crippen LogP contribution in [0.25, 0.3) is 0 Å². The summed E-state index contributed by atoms with van der Waals surface area (Å²) in [5.74, 6) is 0.0122. The number of esters is 2. The fourth-order valence-corrected chi connectivity index (χ4v) is 7.50. The normalized spacial score (nSPS) is 26.7. The van der Waals surface area contributed by atoms with E-state index >= 15 is 0 Å². The number of amides is 1. The summed E-state index contributed by atoms with van der Waals surface area (Å²) >= 11 is 0. The molecule has 2 N–H and O–H groups in total. The van der Waals surface area contributed by atoms with Crippen LogP contribution in [-0.2, 0) is 35.6 Å². The van der Waals surface area contributed by atoms with Crippen LogP contribution in [0, 0.1) is 5.92 Å². The molecule has 5 atom stereocenters. The van der Waals surface area contributed by atoms with Crippen molar-refractivity contribution >= 4 is 18.0 Å². The van der Waals surface area contributed by atoms with Crippen molar-refractivity contribution in [3.05, 3.63) is 71.0 Å². The predicted octanol–water partition coefficient (Wildman–Crippen LogP) is 4.81. The molecule has 2 bridgehead atoms. The smallest absolute Gasteiger partial charge is 0.407 e. The first-order valence-corrected chi connectivity index (χ1v) is 15.2. The van der Waals surface area contributed by atoms with Gasteiger partial charge in [-0.2, -0.15) is 0 Å². The van der Waals surface area contributed by atoms with E-state index in [4.69, 9.17) is 23.7 Å². The maximum absolute atomic E-state index is 13.8. The van der Waals surface area contributed by atoms with E-state index in [-0.39, 0.29) is 24.6 Å². The molecule has 4 aliphatic rings. The molecule has 6 rings (SSSR count). The molecule has 1 amide bonds. The monoisotopic (exact) mass is 605 g/mol. The van der Waals surface area contributed by atoms with Crippen LogP contribution in [0.1, 0.15) is 75.7 Å². The number of methoxy groups -OCH3 is 1. The van der Waals surface area contributed by atoms with E-state index in [1.807, 2.05) is 6.07 Å². The molecule has 1 fully saturated rings. The van der Waals surface area contributed by atoms with Gasteiger partial charge in [0.05, 0.1) is 24.5 Å². The second-order valence-corrected chi connectivity index (χ2v) is 13.0. The van der Waals surface area contributed by atoms with Gasteiger partial charge in [0, 0.05) is 17.7 Å². The van der Waals surface area contributed by atoms with Crippen LogP contribution >= 0.6 is 0 Å². The third-order valence-electron chi connectivity index (χ3n) is 9.25. The van der Waals surface area contributed by atoms with Gasteiger partial charge in [-0.15, -0.1) is 0 Å². The number of ether oxygens (including phenoxy) is 5. The summed E-state index contributed by atoms with van der Waals surface area (Å²) in [4.78, 5) is 38.6. The summed E-state index contributed by atoms with van der Waals surface area (Å²) in [5, 5.41) is 14.8. The first-order chi connectivity index (χ1) is 21.0. The number of carbonyl (C=O) groups is 3. The highest BCUT2D eigenvalue weighted by Gasteiger charge is 2.71. The quantitative estimate of drug-likeness (QED) is 0.322. The van der Waals surface area contributed by atoms with E-state index in [1.54, 1.807) is 64.3 Å². The van der Waals surface area contributed by atoms with Crippen LogP contribution < -0.4 is 14.8 Å². The fourth-order valence-electron chi connectivity index (χ4n) is 7.50. The van der Waals surface area contributed by atoms with Gasteiger partial charge in [-0.25, -0.2) is 9.59 Å². The Hall–Kier alpha value is -4.05. The van der Waals surface area contributed by atoms with Crippen LogP contribution in [0.3, 0.4) is 0 Å². The minimum Gasteiger partial charge on any atom is -0.493 e. The van der Waals surface area contributed by atoms with Crippen molar-refractivity contribution in [2.75, 3.05) is 13.7 Å². The number of nitrogens with one attached hydrogen (secondary N) is 1. The van der Waals surface area contributed by atoms with Crippen molar-refractivity contribution in [2.45, 2.75) is 88.1 Å². The number of alkyl carbamates (subject to hydrolysis) is 1. The van der Waals surface area contributed by atoms with Crippen molar-refractivity contribution < 1.29 is 43.2 Å². The Kier molecular flexibility index (Phi) is 7.60. The van der Waals surface area contributed by atoms with Crippen LogP contribution in [-0.4, -0.2) is 54.1 Å². The molecule has 0 radical (unpaired) electrons. The lowest BCUT2D eigenvalue weighted by Crippen LogP contribution is -2.67. The molecule has 0 unspecified atom stereocenters. The summed E-state index contributed by atoms with van der Waals surface area (Å²) < 4.78 is 29.1. The average Bonchev–Trinajstić information content (AvgIpc) is 3.32. The van der Waals surface area contributed by atoms with Gasteiger partial charge in [-0.05, 0) is 70.1 Å². The Morgan fingerprint density at radius 1 is 1.14 bits per heavy atom. The van der Waals surface area contributed by atoms with Gasteiger partial charge in [0.1, 0.15) is 11.4 Å². The van der Waals surface area contributed by atoms with Crippen LogP contribution in [0.15, 0.2) is 54.3 Å². The number of hydrogen-bond donors (Lipinski definition) is 2. The van der Waals surface area contributed by atoms with Crippen LogP contribution in [0.5, 0.6) is 11.5 Å². The topological polar surface area (TPSA) is 130 Å². The van der Waals surface area contributed by atoms with E-state index in [9.17, 15) is 19.5 Å². The van der Waals surface area contributed by atoms with Gasteiger partial charge in [0.25, 0.3) is 0 Å². The molecule has 3 aliphatic carbocycles. The standard InChI is InChI=1S/C34H39NO9/c1-32(2,3)44-31(38)35-18-15-25(36)42-27(20-9-6-5-7-10-20)30(37)41-24-14-17-34(39)22-11-8-16-33(34)26-21(19-22)12-13-23(40-4)28(26)43-29(24)33/h5-7,9-10,12-14,22,27,29,39H,8,11,15-19H2,1-4H3,(H,35,38)/t22-,27-,29+,33+,34-/m1/s1. The lowest BCUT2D eigenvalue weighted by molar-refractivity contribution is -0.172. The fraction of sp³-hybridized carbons (Fsp3) is 0.500. The van der Waals surface area contributed by atoms with E-state index in [0.29, 0.717) is 29.9 Å². The summed E-state index contributed by atoms with van der Waals surface area (Å²) in [7, 11) is 1.58. The lowest BCUT2D eigenvalue weighted by atomic mass is 9.47. The Morgan fingerprint density at radius 3 is 2.64 bits per heavy atom. The van der Waals surface area contributed by atoms with Crippen molar-refractivity contribution in [2.24, 2.45) is 5.92 Å². The molecule has 0 aromatic heterocycles. The highest BCUT2D eigenvalue weighted by Crippen LogP contribution is 2.67. The van der Waals surface area contributed by atoms with E-state index in [0.717, 1.165) is 30.4 Å². The Balaban J connectivity index is 1.23. The maximum Gasteiger partial charge on any atom is 0.407 e. The summed E-state index contributed by atoms with van der Waals surface area (Å²) in [6, 6.07) is 12.6. The SMILES string of the molecule is COc1ccc2c3c1O[C@H]1C(OC(=O)[C@H](OC(=O)CCNC(=O)OC(C)(C)C)c4ccccc4)=CC[C@@]4(O)[C@H](CCC[C@]314)C2. The predicted molar refractivity (Wildman–Crippen MR) is 158 cm³/mol. The average molecular weight is 606 g/mol. The third-order valence-corrected chi connectivity index (χ3v) is 9.25. The molecule has 2 aromatic carbocycles. The highest BCUT2D eigenvalue weighted by molar-refractivity contribution is 5.82. The molecule has 1 spiro atoms. The molecule has 1 saturated carbocycles. The molecular formula is C34H39NO9. The van der Waals surface area contributed by atoms with Gasteiger partial charge < -0.3 is 34.1 Å². The van der Waals surface area contributed by atoms with Gasteiger partial charge >= 0.3 is 18.0 Å². The van der Waals surface area contributed by atoms with Gasteiger partial charge in [0.2, 0.25) is 6.10 Å². The Morgan fingerprint density at radius 2 is 1.91 bits per heavy atom. The summed E-state index contributed by atoms with van der Waals surface area (Å²) in [5.41, 5.74) is -0.00512. The second kappa shape index (κ2) is 11.1. The zero-order chi connectivity index (χ0) is 31.3. The number of rotatable bonds is 8. The number of carbonyl (C=O) groups excluding carboxylic acids is 3. The number of aliphatic hydroxyl groups is 1. The Bertz CT molecular complexity index is 1500. The van der Waals surface area contributed by atoms with Gasteiger partial charge in [0.15, 0.2) is 17.6 Å². The highest BCUT2D eigenvalue weighted by atomic mass is 16.6. The first-order valence-electron chi connectivity index (χ1n) is 15.2. The zero-order valence-corrected chi connectivity index (χ0v) is 25.5. The second-order valence-electron chi connectivity index (χ2n) is 13.0. The first kappa shape index (κ1) is 30.0.